The van der Waals surface area contributed by atoms with Gasteiger partial charge in [-0.25, -0.2) is 14.6 Å². The molecular formula is C23H13Br2NO4. The molecule has 0 aromatic heterocycles. The van der Waals surface area contributed by atoms with Gasteiger partial charge in [0.1, 0.15) is 5.75 Å². The Kier molecular flexibility index (Phi) is 5.92. The van der Waals surface area contributed by atoms with Gasteiger partial charge in [-0.1, -0.05) is 50.1 Å². The number of hydrogen-bond acceptors (Lipinski definition) is 5. The van der Waals surface area contributed by atoms with E-state index in [0.717, 1.165) is 14.5 Å². The molecule has 0 aliphatic carbocycles. The van der Waals surface area contributed by atoms with Crippen molar-refractivity contribution in [2.24, 2.45) is 4.99 Å². The molecule has 5 nitrogen and oxygen atoms in total. The summed E-state index contributed by atoms with van der Waals surface area (Å²) in [5.74, 6) is -0.308. The molecule has 3 aromatic carbocycles. The van der Waals surface area contributed by atoms with E-state index in [1.165, 1.54) is 0 Å². The molecule has 148 valence electrons. The number of carbonyl (C=O) groups is 2. The molecule has 30 heavy (non-hydrogen) atoms. The largest absolute Gasteiger partial charge is 0.423 e. The van der Waals surface area contributed by atoms with Crippen molar-refractivity contribution >= 4 is 55.8 Å². The first-order valence-corrected chi connectivity index (χ1v) is 10.4. The van der Waals surface area contributed by atoms with Crippen molar-refractivity contribution in [2.75, 3.05) is 0 Å². The fourth-order valence-electron chi connectivity index (χ4n) is 2.70. The number of ether oxygens (including phenoxy) is 2. The highest BCUT2D eigenvalue weighted by atomic mass is 79.9. The van der Waals surface area contributed by atoms with Gasteiger partial charge in [0, 0.05) is 14.5 Å². The summed E-state index contributed by atoms with van der Waals surface area (Å²) in [6, 6.07) is 21.0. The number of aliphatic imine (C=N–C) groups is 1. The fourth-order valence-corrected chi connectivity index (χ4v) is 3.36. The van der Waals surface area contributed by atoms with Gasteiger partial charge in [0.15, 0.2) is 5.70 Å². The second-order valence-electron chi connectivity index (χ2n) is 6.31. The SMILES string of the molecule is O=C1OC(c2cccc(Br)c2)=N/C1=C\c1ccc(OC(=O)c2ccc(Br)cc2)cc1. The van der Waals surface area contributed by atoms with Gasteiger partial charge >= 0.3 is 11.9 Å². The van der Waals surface area contributed by atoms with E-state index < -0.39 is 11.9 Å². The predicted octanol–water partition coefficient (Wildman–Crippen LogP) is 5.78. The Morgan fingerprint density at radius 1 is 0.933 bits per heavy atom. The third-order valence-electron chi connectivity index (χ3n) is 4.17. The standard InChI is InChI=1S/C23H13Br2NO4/c24-17-8-6-15(7-9-17)22(27)29-19-10-4-14(5-11-19)12-20-23(28)30-21(26-20)16-2-1-3-18(25)13-16/h1-13H/b20-12-. The predicted molar refractivity (Wildman–Crippen MR) is 120 cm³/mol. The lowest BCUT2D eigenvalue weighted by molar-refractivity contribution is -0.129. The topological polar surface area (TPSA) is 65.0 Å². The highest BCUT2D eigenvalue weighted by molar-refractivity contribution is 9.10. The summed E-state index contributed by atoms with van der Waals surface area (Å²) < 4.78 is 12.4. The number of cyclic esters (lactones) is 1. The van der Waals surface area contributed by atoms with Crippen molar-refractivity contribution in [1.82, 2.24) is 0 Å². The second-order valence-corrected chi connectivity index (χ2v) is 8.14. The minimum absolute atomic E-state index is 0.199. The summed E-state index contributed by atoms with van der Waals surface area (Å²) in [6.45, 7) is 0. The Bertz CT molecular complexity index is 1180. The van der Waals surface area contributed by atoms with Crippen LogP contribution in [0, 0.1) is 0 Å². The zero-order chi connectivity index (χ0) is 21.1. The first-order valence-electron chi connectivity index (χ1n) is 8.84. The Morgan fingerprint density at radius 2 is 1.67 bits per heavy atom. The number of carbonyl (C=O) groups excluding carboxylic acids is 2. The lowest BCUT2D eigenvalue weighted by Gasteiger charge is -2.05. The maximum Gasteiger partial charge on any atom is 0.363 e. The van der Waals surface area contributed by atoms with E-state index in [0.29, 0.717) is 16.9 Å². The monoisotopic (exact) mass is 525 g/mol. The highest BCUT2D eigenvalue weighted by Crippen LogP contribution is 2.22. The lowest BCUT2D eigenvalue weighted by atomic mass is 10.2. The fraction of sp³-hybridized carbons (Fsp3) is 0. The molecule has 1 aliphatic heterocycles. The molecule has 0 saturated carbocycles. The summed E-state index contributed by atoms with van der Waals surface area (Å²) in [7, 11) is 0. The Labute approximate surface area is 189 Å². The van der Waals surface area contributed by atoms with E-state index in [4.69, 9.17) is 9.47 Å². The minimum Gasteiger partial charge on any atom is -0.423 e. The maximum atomic E-state index is 12.2. The van der Waals surface area contributed by atoms with Crippen molar-refractivity contribution in [2.45, 2.75) is 0 Å². The van der Waals surface area contributed by atoms with Crippen LogP contribution in [0.15, 0.2) is 92.4 Å². The van der Waals surface area contributed by atoms with E-state index in [2.05, 4.69) is 36.9 Å². The van der Waals surface area contributed by atoms with Gasteiger partial charge in [-0.2, -0.15) is 0 Å². The van der Waals surface area contributed by atoms with Crippen molar-refractivity contribution < 1.29 is 19.1 Å². The molecule has 0 N–H and O–H groups in total. The number of hydrogen-bond donors (Lipinski definition) is 0. The third kappa shape index (κ3) is 4.75. The summed E-state index contributed by atoms with van der Waals surface area (Å²) in [4.78, 5) is 28.6. The van der Waals surface area contributed by atoms with Crippen LogP contribution in [-0.4, -0.2) is 17.8 Å². The van der Waals surface area contributed by atoms with Crippen LogP contribution in [0.5, 0.6) is 5.75 Å². The van der Waals surface area contributed by atoms with E-state index in [1.807, 2.05) is 24.3 Å². The molecule has 3 aromatic rings. The smallest absolute Gasteiger partial charge is 0.363 e. The van der Waals surface area contributed by atoms with Gasteiger partial charge in [0.25, 0.3) is 0 Å². The molecule has 1 heterocycles. The molecule has 0 bridgehead atoms. The van der Waals surface area contributed by atoms with Crippen LogP contribution in [0.2, 0.25) is 0 Å². The van der Waals surface area contributed by atoms with Gasteiger partial charge in [-0.3, -0.25) is 0 Å². The van der Waals surface area contributed by atoms with E-state index in [1.54, 1.807) is 54.6 Å². The molecule has 0 spiro atoms. The normalized spacial score (nSPS) is 14.4. The third-order valence-corrected chi connectivity index (χ3v) is 5.19. The van der Waals surface area contributed by atoms with Gasteiger partial charge < -0.3 is 9.47 Å². The summed E-state index contributed by atoms with van der Waals surface area (Å²) >= 11 is 6.71. The summed E-state index contributed by atoms with van der Waals surface area (Å²) in [5.41, 5.74) is 2.08. The Morgan fingerprint density at radius 3 is 2.37 bits per heavy atom. The van der Waals surface area contributed by atoms with Crippen molar-refractivity contribution in [3.8, 4) is 5.75 Å². The molecule has 0 radical (unpaired) electrons. The number of nitrogens with zero attached hydrogens (tertiary/aromatic N) is 1. The minimum atomic E-state index is -0.518. The van der Waals surface area contributed by atoms with E-state index in [-0.39, 0.29) is 11.6 Å². The molecule has 0 unspecified atom stereocenters. The van der Waals surface area contributed by atoms with Crippen molar-refractivity contribution in [3.63, 3.8) is 0 Å². The van der Waals surface area contributed by atoms with Crippen LogP contribution in [0.25, 0.3) is 6.08 Å². The molecule has 0 saturated heterocycles. The summed E-state index contributed by atoms with van der Waals surface area (Å²) in [5, 5.41) is 0. The molecule has 0 fully saturated rings. The first kappa shape index (κ1) is 20.3. The highest BCUT2D eigenvalue weighted by Gasteiger charge is 2.24. The quantitative estimate of drug-likeness (QED) is 0.246. The van der Waals surface area contributed by atoms with Crippen LogP contribution in [0.4, 0.5) is 0 Å². The summed E-state index contributed by atoms with van der Waals surface area (Å²) in [6.07, 6.45) is 1.62. The molecule has 7 heteroatoms. The first-order chi connectivity index (χ1) is 14.5. The Hall–Kier alpha value is -3.03. The van der Waals surface area contributed by atoms with Crippen molar-refractivity contribution in [1.29, 1.82) is 0 Å². The maximum absolute atomic E-state index is 12.2. The van der Waals surface area contributed by atoms with Crippen LogP contribution >= 0.6 is 31.9 Å². The molecule has 1 aliphatic rings. The zero-order valence-corrected chi connectivity index (χ0v) is 18.5. The molecule has 4 rings (SSSR count). The van der Waals surface area contributed by atoms with E-state index >= 15 is 0 Å². The van der Waals surface area contributed by atoms with Gasteiger partial charge in [-0.05, 0) is 66.2 Å². The van der Waals surface area contributed by atoms with Gasteiger partial charge in [0.05, 0.1) is 5.56 Å². The van der Waals surface area contributed by atoms with Gasteiger partial charge in [0.2, 0.25) is 5.90 Å². The average Bonchev–Trinajstić information content (AvgIpc) is 3.10. The lowest BCUT2D eigenvalue weighted by Crippen LogP contribution is -2.08. The van der Waals surface area contributed by atoms with Crippen LogP contribution in [-0.2, 0) is 9.53 Å². The molecule has 0 atom stereocenters. The molecule has 0 amide bonds. The number of esters is 2. The van der Waals surface area contributed by atoms with Gasteiger partial charge in [-0.15, -0.1) is 0 Å². The zero-order valence-electron chi connectivity index (χ0n) is 15.3. The van der Waals surface area contributed by atoms with Crippen molar-refractivity contribution in [3.05, 3.63) is 104 Å². The Balaban J connectivity index is 1.48. The number of rotatable bonds is 4. The number of halogens is 2. The molecular weight excluding hydrogens is 514 g/mol. The average molecular weight is 527 g/mol. The van der Waals surface area contributed by atoms with E-state index in [9.17, 15) is 9.59 Å². The van der Waals surface area contributed by atoms with Crippen LogP contribution in [0.1, 0.15) is 21.5 Å². The van der Waals surface area contributed by atoms with Crippen LogP contribution < -0.4 is 4.74 Å². The van der Waals surface area contributed by atoms with Crippen LogP contribution in [0.3, 0.4) is 0 Å². The second kappa shape index (κ2) is 8.77. The number of benzene rings is 3.